The maximum Gasteiger partial charge on any atom is 0.269 e. The number of hydrogen-bond donors (Lipinski definition) is 2. The first-order valence-electron chi connectivity index (χ1n) is 7.48. The third kappa shape index (κ3) is 3.83. The first-order valence-corrected chi connectivity index (χ1v) is 9.02. The van der Waals surface area contributed by atoms with Gasteiger partial charge in [0, 0.05) is 23.8 Å². The minimum absolute atomic E-state index is 0.0541. The van der Waals surface area contributed by atoms with Crippen LogP contribution in [-0.2, 0) is 14.8 Å². The van der Waals surface area contributed by atoms with Crippen LogP contribution < -0.4 is 10.5 Å². The molecular formula is C16H13N5O5S. The molecule has 0 aliphatic rings. The Kier molecular flexibility index (Phi) is 4.71. The number of benzene rings is 2. The van der Waals surface area contributed by atoms with Gasteiger partial charge in [0.2, 0.25) is 16.4 Å². The van der Waals surface area contributed by atoms with Crippen molar-refractivity contribution in [2.24, 2.45) is 5.14 Å². The van der Waals surface area contributed by atoms with Crippen LogP contribution in [0.15, 0.2) is 59.5 Å². The molecule has 10 nitrogen and oxygen atoms in total. The summed E-state index contributed by atoms with van der Waals surface area (Å²) in [5.74, 6) is 0.258. The van der Waals surface area contributed by atoms with Crippen LogP contribution in [0.1, 0.15) is 0 Å². The molecule has 1 aromatic heterocycles. The predicted octanol–water partition coefficient (Wildman–Crippen LogP) is 1.66. The Balaban J connectivity index is 2.09. The monoisotopic (exact) mass is 387 g/mol. The van der Waals surface area contributed by atoms with Gasteiger partial charge in [-0.25, -0.2) is 18.2 Å². The van der Waals surface area contributed by atoms with Crippen LogP contribution in [0.5, 0.6) is 0 Å². The van der Waals surface area contributed by atoms with Crippen molar-refractivity contribution in [3.8, 4) is 16.9 Å². The second-order valence-electron chi connectivity index (χ2n) is 5.43. The number of sulfonamides is 1. The van der Waals surface area contributed by atoms with E-state index in [1.165, 1.54) is 41.1 Å². The van der Waals surface area contributed by atoms with Gasteiger partial charge in [-0.2, -0.15) is 0 Å². The van der Waals surface area contributed by atoms with E-state index in [4.69, 9.17) is 5.14 Å². The van der Waals surface area contributed by atoms with Gasteiger partial charge in [-0.05, 0) is 36.4 Å². The van der Waals surface area contributed by atoms with Gasteiger partial charge in [-0.15, -0.1) is 5.10 Å². The Morgan fingerprint density at radius 2 is 1.74 bits per heavy atom. The number of aromatic nitrogens is 2. The number of primary sulfonamides is 1. The summed E-state index contributed by atoms with van der Waals surface area (Å²) in [6.45, 7) is 0. The maximum absolute atomic E-state index is 11.4. The van der Waals surface area contributed by atoms with Gasteiger partial charge in [-0.3, -0.25) is 14.9 Å². The lowest BCUT2D eigenvalue weighted by atomic mass is 10.1. The summed E-state index contributed by atoms with van der Waals surface area (Å²) in [6, 6.07) is 13.1. The number of nitrogens with two attached hydrogens (primary N) is 1. The Hall–Kier alpha value is -3.57. The molecule has 0 bridgehead atoms. The standard InChI is InChI=1S/C16H13N5O5S/c17-27(25,26)14-7-5-12(6-8-14)20-15(9-16(19-20)18-10-22)11-1-3-13(4-2-11)21(23)24/h1-10H,(H2,17,25,26)(H,18,19,22). The van der Waals surface area contributed by atoms with Crippen molar-refractivity contribution < 1.29 is 18.1 Å². The first kappa shape index (κ1) is 18.2. The van der Waals surface area contributed by atoms with Crippen molar-refractivity contribution in [2.45, 2.75) is 4.90 Å². The molecular weight excluding hydrogens is 374 g/mol. The number of non-ortho nitro benzene ring substituents is 1. The zero-order valence-electron chi connectivity index (χ0n) is 13.6. The van der Waals surface area contributed by atoms with Crippen LogP contribution in [0.2, 0.25) is 0 Å². The van der Waals surface area contributed by atoms with E-state index in [0.29, 0.717) is 23.4 Å². The van der Waals surface area contributed by atoms with Crippen LogP contribution >= 0.6 is 0 Å². The van der Waals surface area contributed by atoms with Crippen molar-refractivity contribution in [1.29, 1.82) is 0 Å². The molecule has 0 fully saturated rings. The quantitative estimate of drug-likeness (QED) is 0.373. The van der Waals surface area contributed by atoms with E-state index < -0.39 is 14.9 Å². The third-order valence-electron chi connectivity index (χ3n) is 3.70. The Morgan fingerprint density at radius 1 is 1.11 bits per heavy atom. The van der Waals surface area contributed by atoms with Gasteiger partial charge in [-0.1, -0.05) is 0 Å². The van der Waals surface area contributed by atoms with Crippen molar-refractivity contribution in [2.75, 3.05) is 5.32 Å². The van der Waals surface area contributed by atoms with Gasteiger partial charge in [0.05, 0.1) is 21.2 Å². The average Bonchev–Trinajstić information content (AvgIpc) is 3.05. The van der Waals surface area contributed by atoms with Crippen LogP contribution in [0.3, 0.4) is 0 Å². The zero-order valence-corrected chi connectivity index (χ0v) is 14.5. The molecule has 0 saturated carbocycles. The molecule has 0 saturated heterocycles. The lowest BCUT2D eigenvalue weighted by Gasteiger charge is -2.08. The van der Waals surface area contributed by atoms with E-state index in [2.05, 4.69) is 10.4 Å². The minimum Gasteiger partial charge on any atom is -0.312 e. The fourth-order valence-corrected chi connectivity index (χ4v) is 2.96. The largest absolute Gasteiger partial charge is 0.312 e. The summed E-state index contributed by atoms with van der Waals surface area (Å²) < 4.78 is 24.3. The number of nitro benzene ring substituents is 1. The van der Waals surface area contributed by atoms with E-state index in [0.717, 1.165) is 0 Å². The van der Waals surface area contributed by atoms with Crippen LogP contribution in [0, 0.1) is 10.1 Å². The number of nitrogens with one attached hydrogen (secondary N) is 1. The molecule has 3 N–H and O–H groups in total. The fraction of sp³-hybridized carbons (Fsp3) is 0. The summed E-state index contributed by atoms with van der Waals surface area (Å²) in [4.78, 5) is 21.0. The molecule has 11 heteroatoms. The molecule has 0 aliphatic carbocycles. The number of amides is 1. The number of carbonyl (C=O) groups excluding carboxylic acids is 1. The summed E-state index contributed by atoms with van der Waals surface area (Å²) in [6.07, 6.45) is 0.469. The summed E-state index contributed by atoms with van der Waals surface area (Å²) in [5, 5.41) is 22.6. The summed E-state index contributed by atoms with van der Waals surface area (Å²) in [7, 11) is -3.83. The number of hydrogen-bond acceptors (Lipinski definition) is 6. The summed E-state index contributed by atoms with van der Waals surface area (Å²) >= 11 is 0. The molecule has 1 amide bonds. The van der Waals surface area contributed by atoms with E-state index in [1.807, 2.05) is 0 Å². The number of nitro groups is 1. The van der Waals surface area contributed by atoms with E-state index in [9.17, 15) is 23.3 Å². The predicted molar refractivity (Wildman–Crippen MR) is 96.7 cm³/mol. The van der Waals surface area contributed by atoms with Crippen molar-refractivity contribution in [1.82, 2.24) is 9.78 Å². The van der Waals surface area contributed by atoms with E-state index in [1.54, 1.807) is 18.2 Å². The van der Waals surface area contributed by atoms with Crippen molar-refractivity contribution in [3.63, 3.8) is 0 Å². The van der Waals surface area contributed by atoms with Gasteiger partial charge in [0.15, 0.2) is 5.82 Å². The number of anilines is 1. The molecule has 0 spiro atoms. The molecule has 0 atom stereocenters. The minimum atomic E-state index is -3.83. The van der Waals surface area contributed by atoms with E-state index in [-0.39, 0.29) is 16.4 Å². The van der Waals surface area contributed by atoms with E-state index >= 15 is 0 Å². The highest BCUT2D eigenvalue weighted by atomic mass is 32.2. The highest BCUT2D eigenvalue weighted by Crippen LogP contribution is 2.28. The molecule has 0 radical (unpaired) electrons. The second-order valence-corrected chi connectivity index (χ2v) is 6.99. The average molecular weight is 387 g/mol. The zero-order chi connectivity index (χ0) is 19.6. The highest BCUT2D eigenvalue weighted by molar-refractivity contribution is 7.89. The number of carbonyl (C=O) groups is 1. The Labute approximate surface area is 153 Å². The number of nitrogens with zero attached hydrogens (tertiary/aromatic N) is 3. The van der Waals surface area contributed by atoms with Crippen molar-refractivity contribution in [3.05, 3.63) is 64.7 Å². The molecule has 2 aromatic carbocycles. The molecule has 138 valence electrons. The lowest BCUT2D eigenvalue weighted by molar-refractivity contribution is -0.384. The smallest absolute Gasteiger partial charge is 0.269 e. The van der Waals surface area contributed by atoms with Crippen LogP contribution in [-0.4, -0.2) is 29.5 Å². The third-order valence-corrected chi connectivity index (χ3v) is 4.63. The Morgan fingerprint density at radius 3 is 2.26 bits per heavy atom. The SMILES string of the molecule is NS(=O)(=O)c1ccc(-n2nc(NC=O)cc2-c2ccc([N+](=O)[O-])cc2)cc1. The van der Waals surface area contributed by atoms with Crippen molar-refractivity contribution >= 4 is 27.9 Å². The fourth-order valence-electron chi connectivity index (χ4n) is 2.45. The molecule has 3 rings (SSSR count). The second kappa shape index (κ2) is 6.97. The van der Waals surface area contributed by atoms with Crippen LogP contribution in [0.4, 0.5) is 11.5 Å². The highest BCUT2D eigenvalue weighted by Gasteiger charge is 2.14. The topological polar surface area (TPSA) is 150 Å². The maximum atomic E-state index is 11.4. The van der Waals surface area contributed by atoms with Gasteiger partial charge >= 0.3 is 0 Å². The van der Waals surface area contributed by atoms with Gasteiger partial charge in [0.25, 0.3) is 5.69 Å². The molecule has 27 heavy (non-hydrogen) atoms. The van der Waals surface area contributed by atoms with Gasteiger partial charge < -0.3 is 5.32 Å². The first-order chi connectivity index (χ1) is 12.8. The molecule has 0 unspecified atom stereocenters. The normalized spacial score (nSPS) is 11.1. The lowest BCUT2D eigenvalue weighted by Crippen LogP contribution is -2.12. The van der Waals surface area contributed by atoms with Crippen LogP contribution in [0.25, 0.3) is 16.9 Å². The molecule has 1 heterocycles. The molecule has 3 aromatic rings. The summed E-state index contributed by atoms with van der Waals surface area (Å²) in [5.41, 5.74) is 1.60. The molecule has 0 aliphatic heterocycles. The van der Waals surface area contributed by atoms with Gasteiger partial charge in [0.1, 0.15) is 0 Å². The Bertz CT molecular complexity index is 1110. The number of rotatable bonds is 6.